The SMILES string of the molecule is CC(CNc1nc(NC2CC3(CC3)C2)c2cnn(C)c2n1)c1ccccc1. The molecule has 1 aromatic carbocycles. The lowest BCUT2D eigenvalue weighted by molar-refractivity contribution is 0.256. The molecule has 2 aliphatic carbocycles. The summed E-state index contributed by atoms with van der Waals surface area (Å²) in [4.78, 5) is 9.47. The van der Waals surface area contributed by atoms with E-state index in [-0.39, 0.29) is 0 Å². The number of fused-ring (bicyclic) bond motifs is 1. The van der Waals surface area contributed by atoms with Crippen molar-refractivity contribution in [3.8, 4) is 0 Å². The van der Waals surface area contributed by atoms with Gasteiger partial charge in [0.2, 0.25) is 5.95 Å². The Bertz CT molecular complexity index is 951. The zero-order valence-electron chi connectivity index (χ0n) is 15.9. The lowest BCUT2D eigenvalue weighted by Crippen LogP contribution is -2.37. The molecule has 6 nitrogen and oxygen atoms in total. The lowest BCUT2D eigenvalue weighted by Gasteiger charge is -2.36. The molecule has 1 unspecified atom stereocenters. The van der Waals surface area contributed by atoms with Crippen molar-refractivity contribution in [2.45, 2.75) is 44.6 Å². The first kappa shape index (κ1) is 16.5. The molecule has 2 heterocycles. The van der Waals surface area contributed by atoms with Crippen LogP contribution in [0.15, 0.2) is 36.5 Å². The Kier molecular flexibility index (Phi) is 3.81. The van der Waals surface area contributed by atoms with E-state index in [1.807, 2.05) is 24.0 Å². The quantitative estimate of drug-likeness (QED) is 0.695. The van der Waals surface area contributed by atoms with Crippen molar-refractivity contribution in [2.75, 3.05) is 17.2 Å². The van der Waals surface area contributed by atoms with Gasteiger partial charge >= 0.3 is 0 Å². The molecule has 0 aliphatic heterocycles. The fraction of sp³-hybridized carbons (Fsp3) is 0.476. The zero-order chi connectivity index (χ0) is 18.4. The molecule has 0 saturated heterocycles. The van der Waals surface area contributed by atoms with Crippen LogP contribution in [0, 0.1) is 5.41 Å². The number of aryl methyl sites for hydroxylation is 1. The van der Waals surface area contributed by atoms with Crippen molar-refractivity contribution in [3.05, 3.63) is 42.1 Å². The molecule has 2 aliphatic rings. The van der Waals surface area contributed by atoms with Crippen LogP contribution in [-0.2, 0) is 7.05 Å². The first-order valence-corrected chi connectivity index (χ1v) is 9.87. The summed E-state index contributed by atoms with van der Waals surface area (Å²) in [7, 11) is 1.93. The Morgan fingerprint density at radius 1 is 1.19 bits per heavy atom. The number of anilines is 2. The Hall–Kier alpha value is -2.63. The molecule has 0 radical (unpaired) electrons. The summed E-state index contributed by atoms with van der Waals surface area (Å²) >= 11 is 0. The van der Waals surface area contributed by atoms with E-state index < -0.39 is 0 Å². The molecule has 0 amide bonds. The van der Waals surface area contributed by atoms with E-state index in [2.05, 4.69) is 46.9 Å². The minimum absolute atomic E-state index is 0.384. The third-order valence-electron chi connectivity index (χ3n) is 6.18. The van der Waals surface area contributed by atoms with Crippen molar-refractivity contribution in [1.82, 2.24) is 19.7 Å². The molecule has 1 spiro atoms. The van der Waals surface area contributed by atoms with Crippen LogP contribution in [0.5, 0.6) is 0 Å². The van der Waals surface area contributed by atoms with Gasteiger partial charge in [-0.1, -0.05) is 37.3 Å². The summed E-state index contributed by atoms with van der Waals surface area (Å²) < 4.78 is 1.82. The average molecular weight is 362 g/mol. The van der Waals surface area contributed by atoms with Gasteiger partial charge in [-0.05, 0) is 42.6 Å². The minimum Gasteiger partial charge on any atom is -0.367 e. The Morgan fingerprint density at radius 2 is 1.96 bits per heavy atom. The number of benzene rings is 1. The second-order valence-electron chi connectivity index (χ2n) is 8.34. The van der Waals surface area contributed by atoms with Crippen LogP contribution < -0.4 is 10.6 Å². The third-order valence-corrected chi connectivity index (χ3v) is 6.18. The van der Waals surface area contributed by atoms with E-state index in [0.717, 1.165) is 23.4 Å². The smallest absolute Gasteiger partial charge is 0.226 e. The summed E-state index contributed by atoms with van der Waals surface area (Å²) in [6, 6.07) is 11.1. The number of rotatable bonds is 6. The molecule has 140 valence electrons. The monoisotopic (exact) mass is 362 g/mol. The predicted octanol–water partition coefficient (Wildman–Crippen LogP) is 3.93. The summed E-state index contributed by atoms with van der Waals surface area (Å²) in [5.74, 6) is 1.95. The Morgan fingerprint density at radius 3 is 2.70 bits per heavy atom. The van der Waals surface area contributed by atoms with Crippen LogP contribution in [-0.4, -0.2) is 32.3 Å². The summed E-state index contributed by atoms with van der Waals surface area (Å²) in [6.45, 7) is 3.01. The molecular formula is C21H26N6. The fourth-order valence-corrected chi connectivity index (χ4v) is 4.22. The standard InChI is InChI=1S/C21H26N6/c1-14(15-6-4-3-5-7-15)12-22-20-25-18(17-13-23-27(2)19(17)26-20)24-16-10-21(11-16)8-9-21/h3-7,13-14,16H,8-12H2,1-2H3,(H2,22,24,25,26). The number of aromatic nitrogens is 4. The van der Waals surface area contributed by atoms with Gasteiger partial charge in [0.15, 0.2) is 5.65 Å². The molecule has 2 aromatic heterocycles. The zero-order valence-corrected chi connectivity index (χ0v) is 15.9. The number of hydrogen-bond acceptors (Lipinski definition) is 5. The Balaban J connectivity index is 1.35. The van der Waals surface area contributed by atoms with Gasteiger partial charge in [0.25, 0.3) is 0 Å². The second kappa shape index (κ2) is 6.22. The molecule has 27 heavy (non-hydrogen) atoms. The highest BCUT2D eigenvalue weighted by molar-refractivity contribution is 5.87. The molecule has 2 saturated carbocycles. The van der Waals surface area contributed by atoms with E-state index in [4.69, 9.17) is 9.97 Å². The van der Waals surface area contributed by atoms with Crippen molar-refractivity contribution >= 4 is 22.8 Å². The van der Waals surface area contributed by atoms with Crippen LogP contribution in [0.3, 0.4) is 0 Å². The number of hydrogen-bond donors (Lipinski definition) is 2. The maximum absolute atomic E-state index is 4.78. The first-order valence-electron chi connectivity index (χ1n) is 9.87. The van der Waals surface area contributed by atoms with Crippen molar-refractivity contribution in [2.24, 2.45) is 12.5 Å². The molecular weight excluding hydrogens is 336 g/mol. The number of nitrogens with zero attached hydrogens (tertiary/aromatic N) is 4. The van der Waals surface area contributed by atoms with Gasteiger partial charge in [-0.3, -0.25) is 4.68 Å². The largest absolute Gasteiger partial charge is 0.367 e. The van der Waals surface area contributed by atoms with E-state index in [1.54, 1.807) is 0 Å². The fourth-order valence-electron chi connectivity index (χ4n) is 4.22. The van der Waals surface area contributed by atoms with E-state index >= 15 is 0 Å². The average Bonchev–Trinajstić information content (AvgIpc) is 3.37. The third kappa shape index (κ3) is 3.13. The normalized spacial score (nSPS) is 19.0. The lowest BCUT2D eigenvalue weighted by atomic mass is 9.77. The molecule has 2 N–H and O–H groups in total. The first-order chi connectivity index (χ1) is 13.1. The van der Waals surface area contributed by atoms with E-state index in [1.165, 1.54) is 31.2 Å². The van der Waals surface area contributed by atoms with Crippen LogP contribution >= 0.6 is 0 Å². The highest BCUT2D eigenvalue weighted by Gasteiger charge is 2.53. The molecule has 2 fully saturated rings. The molecule has 3 aromatic rings. The molecule has 6 heteroatoms. The van der Waals surface area contributed by atoms with Gasteiger partial charge in [-0.25, -0.2) is 0 Å². The van der Waals surface area contributed by atoms with Crippen LogP contribution in [0.2, 0.25) is 0 Å². The van der Waals surface area contributed by atoms with E-state index in [0.29, 0.717) is 23.3 Å². The maximum Gasteiger partial charge on any atom is 0.226 e. The maximum atomic E-state index is 4.78. The topological polar surface area (TPSA) is 67.7 Å². The van der Waals surface area contributed by atoms with Crippen molar-refractivity contribution in [3.63, 3.8) is 0 Å². The van der Waals surface area contributed by atoms with Crippen molar-refractivity contribution in [1.29, 1.82) is 0 Å². The predicted molar refractivity (Wildman–Crippen MR) is 108 cm³/mol. The van der Waals surface area contributed by atoms with Gasteiger partial charge in [-0.2, -0.15) is 15.1 Å². The molecule has 0 bridgehead atoms. The summed E-state index contributed by atoms with van der Waals surface area (Å²) in [6.07, 6.45) is 7.21. The molecule has 5 rings (SSSR count). The molecule has 1 atom stereocenters. The van der Waals surface area contributed by atoms with Gasteiger partial charge in [-0.15, -0.1) is 0 Å². The van der Waals surface area contributed by atoms with Crippen molar-refractivity contribution < 1.29 is 0 Å². The van der Waals surface area contributed by atoms with E-state index in [9.17, 15) is 0 Å². The summed E-state index contributed by atoms with van der Waals surface area (Å²) in [5, 5.41) is 12.4. The van der Waals surface area contributed by atoms with Gasteiger partial charge in [0.05, 0.1) is 11.6 Å². The van der Waals surface area contributed by atoms with Crippen LogP contribution in [0.4, 0.5) is 11.8 Å². The van der Waals surface area contributed by atoms with Crippen LogP contribution in [0.1, 0.15) is 44.1 Å². The second-order valence-corrected chi connectivity index (χ2v) is 8.34. The number of nitrogens with one attached hydrogen (secondary N) is 2. The van der Waals surface area contributed by atoms with Crippen LogP contribution in [0.25, 0.3) is 11.0 Å². The Labute approximate surface area is 159 Å². The highest BCUT2D eigenvalue weighted by Crippen LogP contribution is 2.61. The van der Waals surface area contributed by atoms with Gasteiger partial charge < -0.3 is 10.6 Å². The minimum atomic E-state index is 0.384. The summed E-state index contributed by atoms with van der Waals surface area (Å²) in [5.41, 5.74) is 2.85. The van der Waals surface area contributed by atoms with Gasteiger partial charge in [0.1, 0.15) is 5.82 Å². The highest BCUT2D eigenvalue weighted by atomic mass is 15.3. The van der Waals surface area contributed by atoms with Gasteiger partial charge in [0, 0.05) is 19.6 Å².